The number of nitrogens with one attached hydrogen (secondary N) is 1. The monoisotopic (exact) mass is 419 g/mol. The highest BCUT2D eigenvalue weighted by Crippen LogP contribution is 2.41. The molecule has 3 heterocycles. The van der Waals surface area contributed by atoms with Gasteiger partial charge in [-0.3, -0.25) is 9.59 Å². The summed E-state index contributed by atoms with van der Waals surface area (Å²) in [6.45, 7) is 7.41. The smallest absolute Gasteiger partial charge is 0.241 e. The van der Waals surface area contributed by atoms with E-state index in [0.29, 0.717) is 13.0 Å². The molecule has 4 rings (SSSR count). The first-order valence-electron chi connectivity index (χ1n) is 9.85. The summed E-state index contributed by atoms with van der Waals surface area (Å²) in [5.74, 6) is 0.288. The molecule has 3 atom stereocenters. The van der Waals surface area contributed by atoms with Crippen molar-refractivity contribution >= 4 is 21.8 Å². The lowest BCUT2D eigenvalue weighted by Gasteiger charge is -2.38. The summed E-state index contributed by atoms with van der Waals surface area (Å²) >= 11 is 0. The van der Waals surface area contributed by atoms with E-state index in [1.165, 1.54) is 24.3 Å². The Hall–Kier alpha value is -0.860. The first-order valence-corrected chi connectivity index (χ1v) is 11.7. The maximum atomic E-state index is 13.1. The zero-order chi connectivity index (χ0) is 18.8. The SMILES string of the molecule is CC(C)[C@H]1C(=O)N(S(C)(=O)=O)[C@H]2CCN(C(=O)C3C[NH+](CC4CC4)C3)[C@H]12.[Cl-]. The Morgan fingerprint density at radius 3 is 2.37 bits per heavy atom. The van der Waals surface area contributed by atoms with Crippen LogP contribution < -0.4 is 17.3 Å². The van der Waals surface area contributed by atoms with Crippen LogP contribution in [0.25, 0.3) is 0 Å². The van der Waals surface area contributed by atoms with Gasteiger partial charge in [0, 0.05) is 12.5 Å². The first-order chi connectivity index (χ1) is 12.2. The second-order valence-corrected chi connectivity index (χ2v) is 10.9. The predicted octanol–water partition coefficient (Wildman–Crippen LogP) is -4.04. The van der Waals surface area contributed by atoms with Gasteiger partial charge in [-0.25, -0.2) is 12.7 Å². The highest BCUT2D eigenvalue weighted by Gasteiger charge is 2.59. The quantitative estimate of drug-likeness (QED) is 0.492. The maximum absolute atomic E-state index is 13.1. The van der Waals surface area contributed by atoms with E-state index in [0.717, 1.165) is 29.6 Å². The van der Waals surface area contributed by atoms with E-state index < -0.39 is 15.9 Å². The Bertz CT molecular complexity index is 718. The molecule has 1 saturated carbocycles. The zero-order valence-corrected chi connectivity index (χ0v) is 17.8. The van der Waals surface area contributed by atoms with Crippen LogP contribution in [0.1, 0.15) is 33.1 Å². The molecule has 0 aromatic rings. The molecule has 3 aliphatic heterocycles. The molecule has 4 aliphatic rings. The molecular formula is C18H30ClN3O4S. The summed E-state index contributed by atoms with van der Waals surface area (Å²) < 4.78 is 25.4. The number of hydrogen-bond acceptors (Lipinski definition) is 4. The van der Waals surface area contributed by atoms with Gasteiger partial charge >= 0.3 is 0 Å². The lowest BCUT2D eigenvalue weighted by atomic mass is 9.87. The number of fused-ring (bicyclic) bond motifs is 1. The van der Waals surface area contributed by atoms with Gasteiger partial charge in [0.1, 0.15) is 5.92 Å². The van der Waals surface area contributed by atoms with E-state index in [1.807, 2.05) is 18.7 Å². The van der Waals surface area contributed by atoms with E-state index in [4.69, 9.17) is 0 Å². The maximum Gasteiger partial charge on any atom is 0.241 e. The van der Waals surface area contributed by atoms with Gasteiger partial charge in [-0.1, -0.05) is 13.8 Å². The Morgan fingerprint density at radius 1 is 1.22 bits per heavy atom. The molecule has 0 bridgehead atoms. The molecule has 1 aliphatic carbocycles. The van der Waals surface area contributed by atoms with Gasteiger partial charge in [0.25, 0.3) is 0 Å². The molecule has 0 spiro atoms. The van der Waals surface area contributed by atoms with Crippen molar-refractivity contribution in [2.75, 3.05) is 32.4 Å². The van der Waals surface area contributed by atoms with Crippen molar-refractivity contribution in [2.45, 2.75) is 45.2 Å². The molecule has 27 heavy (non-hydrogen) atoms. The molecule has 0 radical (unpaired) electrons. The number of rotatable bonds is 5. The largest absolute Gasteiger partial charge is 1.00 e. The van der Waals surface area contributed by atoms with Gasteiger partial charge in [-0.15, -0.1) is 0 Å². The molecule has 9 heteroatoms. The summed E-state index contributed by atoms with van der Waals surface area (Å²) in [4.78, 5) is 29.3. The summed E-state index contributed by atoms with van der Waals surface area (Å²) in [6.07, 6.45) is 4.32. The van der Waals surface area contributed by atoms with Crippen LogP contribution in [0, 0.1) is 23.7 Å². The van der Waals surface area contributed by atoms with Crippen molar-refractivity contribution in [3.05, 3.63) is 0 Å². The van der Waals surface area contributed by atoms with Gasteiger partial charge in [-0.05, 0) is 25.2 Å². The third kappa shape index (κ3) is 3.60. The van der Waals surface area contributed by atoms with Crippen LogP contribution >= 0.6 is 0 Å². The molecule has 4 fully saturated rings. The zero-order valence-electron chi connectivity index (χ0n) is 16.2. The normalized spacial score (nSPS) is 35.9. The van der Waals surface area contributed by atoms with E-state index in [1.54, 1.807) is 0 Å². The van der Waals surface area contributed by atoms with Gasteiger partial charge in [-0.2, -0.15) is 0 Å². The average molecular weight is 420 g/mol. The van der Waals surface area contributed by atoms with E-state index in [2.05, 4.69) is 0 Å². The number of likely N-dealkylation sites (tertiary alicyclic amines) is 2. The van der Waals surface area contributed by atoms with Crippen LogP contribution in [0.2, 0.25) is 0 Å². The van der Waals surface area contributed by atoms with Crippen molar-refractivity contribution in [2.24, 2.45) is 23.7 Å². The summed E-state index contributed by atoms with van der Waals surface area (Å²) in [5, 5.41) is 0. The Labute approximate surface area is 167 Å². The number of carbonyl (C=O) groups is 2. The molecule has 2 amide bonds. The number of carbonyl (C=O) groups excluding carboxylic acids is 2. The van der Waals surface area contributed by atoms with E-state index >= 15 is 0 Å². The van der Waals surface area contributed by atoms with Gasteiger partial charge < -0.3 is 22.2 Å². The fourth-order valence-electron chi connectivity index (χ4n) is 5.23. The number of sulfonamides is 1. The van der Waals surface area contributed by atoms with E-state index in [-0.39, 0.29) is 48.1 Å². The molecule has 0 unspecified atom stereocenters. The topological polar surface area (TPSA) is 79.2 Å². The highest BCUT2D eigenvalue weighted by molar-refractivity contribution is 7.88. The molecule has 0 aromatic carbocycles. The first kappa shape index (κ1) is 20.9. The minimum atomic E-state index is -3.61. The number of hydrogen-bond donors (Lipinski definition) is 1. The Morgan fingerprint density at radius 2 is 1.85 bits per heavy atom. The van der Waals surface area contributed by atoms with Crippen molar-refractivity contribution in [3.63, 3.8) is 0 Å². The lowest BCUT2D eigenvalue weighted by Crippen LogP contribution is -3.21. The van der Waals surface area contributed by atoms with Crippen LogP contribution in [-0.2, 0) is 19.6 Å². The minimum absolute atomic E-state index is 0. The predicted molar refractivity (Wildman–Crippen MR) is 95.7 cm³/mol. The molecule has 154 valence electrons. The molecule has 7 nitrogen and oxygen atoms in total. The van der Waals surface area contributed by atoms with Crippen LogP contribution in [0.5, 0.6) is 0 Å². The fourth-order valence-corrected chi connectivity index (χ4v) is 6.40. The third-order valence-electron chi connectivity index (χ3n) is 6.64. The van der Waals surface area contributed by atoms with Gasteiger partial charge in [0.15, 0.2) is 0 Å². The molecule has 3 saturated heterocycles. The number of nitrogens with zero attached hydrogens (tertiary/aromatic N) is 2. The van der Waals surface area contributed by atoms with Crippen LogP contribution in [-0.4, -0.2) is 74.0 Å². The van der Waals surface area contributed by atoms with Crippen LogP contribution in [0.4, 0.5) is 0 Å². The second-order valence-electron chi connectivity index (χ2n) is 9.05. The summed E-state index contributed by atoms with van der Waals surface area (Å²) in [7, 11) is -3.61. The second kappa shape index (κ2) is 7.19. The highest BCUT2D eigenvalue weighted by atomic mass is 35.5. The standard InChI is InChI=1S/C18H29N3O4S.ClH/c1-11(2)15-16-14(21(18(15)23)26(3,24)25)6-7-20(16)17(22)13-9-19(10-13)8-12-4-5-12;/h11-16H,4-10H2,1-3H3;1H/t14-,15+,16-;/m0./s1. The van der Waals surface area contributed by atoms with Gasteiger partial charge in [0.2, 0.25) is 21.8 Å². The van der Waals surface area contributed by atoms with E-state index in [9.17, 15) is 18.0 Å². The fraction of sp³-hybridized carbons (Fsp3) is 0.889. The number of quaternary nitrogens is 1. The van der Waals surface area contributed by atoms with Gasteiger partial charge in [0.05, 0.1) is 43.9 Å². The third-order valence-corrected chi connectivity index (χ3v) is 7.81. The number of amides is 2. The molecule has 0 aromatic heterocycles. The average Bonchev–Trinajstić information content (AvgIpc) is 3.13. The van der Waals surface area contributed by atoms with Crippen molar-refractivity contribution in [1.82, 2.24) is 9.21 Å². The van der Waals surface area contributed by atoms with Crippen molar-refractivity contribution in [3.8, 4) is 0 Å². The summed E-state index contributed by atoms with van der Waals surface area (Å²) in [6, 6.07) is -0.680. The van der Waals surface area contributed by atoms with Crippen molar-refractivity contribution in [1.29, 1.82) is 0 Å². The number of halogens is 1. The minimum Gasteiger partial charge on any atom is -1.00 e. The summed E-state index contributed by atoms with van der Waals surface area (Å²) in [5.41, 5.74) is 0. The van der Waals surface area contributed by atoms with Crippen LogP contribution in [0.15, 0.2) is 0 Å². The van der Waals surface area contributed by atoms with Crippen LogP contribution in [0.3, 0.4) is 0 Å². The lowest BCUT2D eigenvalue weighted by molar-refractivity contribution is -0.948. The Balaban J connectivity index is 0.00000210. The van der Waals surface area contributed by atoms with Crippen molar-refractivity contribution < 1.29 is 35.3 Å². The Kier molecular flexibility index (Phi) is 5.56. The molecular weight excluding hydrogens is 390 g/mol. The molecule has 1 N–H and O–H groups in total.